The fourth-order valence-electron chi connectivity index (χ4n) is 4.61. The number of halogens is 1. The fraction of sp³-hybridized carbons (Fsp3) is 0.696. The maximum absolute atomic E-state index is 9.31. The van der Waals surface area contributed by atoms with E-state index in [1.807, 2.05) is 0 Å². The normalized spacial score (nSPS) is 23.7. The van der Waals surface area contributed by atoms with E-state index in [9.17, 15) is 5.11 Å². The molecule has 2 aliphatic rings. The van der Waals surface area contributed by atoms with Crippen LogP contribution in [0, 0.1) is 17.8 Å². The van der Waals surface area contributed by atoms with Crippen LogP contribution in [0.3, 0.4) is 0 Å². The summed E-state index contributed by atoms with van der Waals surface area (Å²) in [6.45, 7) is 13.0. The van der Waals surface area contributed by atoms with Gasteiger partial charge in [-0.2, -0.15) is 0 Å². The highest BCUT2D eigenvalue weighted by Crippen LogP contribution is 2.24. The number of nitrogens with zero attached hydrogens (tertiary/aromatic N) is 3. The van der Waals surface area contributed by atoms with E-state index >= 15 is 0 Å². The molecule has 6 heteroatoms. The van der Waals surface area contributed by atoms with Gasteiger partial charge in [-0.15, -0.1) is 24.0 Å². The largest absolute Gasteiger partial charge is 0.396 e. The van der Waals surface area contributed by atoms with Gasteiger partial charge in [0.25, 0.3) is 0 Å². The standard InChI is InChI=1S/C23H38N4O.HI/c1-4-24-23(27-15-18(2)13-19(3)16-27)25-14-20-5-7-22(8-6-20)26-11-9-21(17-28)10-12-26;/h5-8,18-19,21,28H,4,9-17H2,1-3H3,(H,24,25);1H. The molecule has 2 N–H and O–H groups in total. The summed E-state index contributed by atoms with van der Waals surface area (Å²) in [5.41, 5.74) is 2.54. The summed E-state index contributed by atoms with van der Waals surface area (Å²) >= 11 is 0. The summed E-state index contributed by atoms with van der Waals surface area (Å²) in [7, 11) is 0. The van der Waals surface area contributed by atoms with E-state index in [0.29, 0.717) is 19.1 Å². The number of piperidine rings is 2. The zero-order valence-corrected chi connectivity index (χ0v) is 20.6. The summed E-state index contributed by atoms with van der Waals surface area (Å²) in [5, 5.41) is 12.8. The molecule has 2 aliphatic heterocycles. The molecule has 29 heavy (non-hydrogen) atoms. The molecule has 2 fully saturated rings. The topological polar surface area (TPSA) is 51.1 Å². The van der Waals surface area contributed by atoms with Gasteiger partial charge in [-0.05, 0) is 61.6 Å². The summed E-state index contributed by atoms with van der Waals surface area (Å²) < 4.78 is 0. The molecule has 0 aromatic heterocycles. The number of likely N-dealkylation sites (tertiary alicyclic amines) is 1. The van der Waals surface area contributed by atoms with Gasteiger partial charge in [-0.1, -0.05) is 26.0 Å². The van der Waals surface area contributed by atoms with Crippen molar-refractivity contribution in [3.63, 3.8) is 0 Å². The Labute approximate surface area is 194 Å². The van der Waals surface area contributed by atoms with Crippen LogP contribution in [0.1, 0.15) is 45.6 Å². The minimum atomic E-state index is 0. The van der Waals surface area contributed by atoms with E-state index in [-0.39, 0.29) is 24.0 Å². The average Bonchev–Trinajstić information content (AvgIpc) is 2.71. The van der Waals surface area contributed by atoms with Crippen LogP contribution < -0.4 is 10.2 Å². The second kappa shape index (κ2) is 12.0. The van der Waals surface area contributed by atoms with Gasteiger partial charge in [-0.3, -0.25) is 0 Å². The molecule has 0 saturated carbocycles. The molecule has 0 radical (unpaired) electrons. The van der Waals surface area contributed by atoms with Gasteiger partial charge in [0.2, 0.25) is 0 Å². The number of benzene rings is 1. The third-order valence-electron chi connectivity index (χ3n) is 6.09. The number of hydrogen-bond acceptors (Lipinski definition) is 3. The minimum Gasteiger partial charge on any atom is -0.396 e. The maximum atomic E-state index is 9.31. The number of aliphatic hydroxyl groups is 1. The van der Waals surface area contributed by atoms with Crippen LogP contribution in [0.4, 0.5) is 5.69 Å². The lowest BCUT2D eigenvalue weighted by Gasteiger charge is -2.37. The second-order valence-corrected chi connectivity index (χ2v) is 8.80. The lowest BCUT2D eigenvalue weighted by molar-refractivity contribution is 0.203. The Bertz CT molecular complexity index is 618. The van der Waals surface area contributed by atoms with Gasteiger partial charge in [0.15, 0.2) is 5.96 Å². The van der Waals surface area contributed by atoms with Gasteiger partial charge in [-0.25, -0.2) is 4.99 Å². The quantitative estimate of drug-likeness (QED) is 0.355. The van der Waals surface area contributed by atoms with Crippen molar-refractivity contribution < 1.29 is 5.11 Å². The molecule has 0 spiro atoms. The summed E-state index contributed by atoms with van der Waals surface area (Å²) in [5.74, 6) is 2.98. The van der Waals surface area contributed by atoms with Gasteiger partial charge in [0.1, 0.15) is 0 Å². The lowest BCUT2D eigenvalue weighted by atomic mass is 9.92. The zero-order valence-electron chi connectivity index (χ0n) is 18.3. The van der Waals surface area contributed by atoms with Crippen LogP contribution in [0.15, 0.2) is 29.3 Å². The Morgan fingerprint density at radius 2 is 1.72 bits per heavy atom. The number of rotatable bonds is 5. The van der Waals surface area contributed by atoms with E-state index in [2.05, 4.69) is 60.2 Å². The third-order valence-corrected chi connectivity index (χ3v) is 6.09. The molecule has 2 heterocycles. The molecule has 0 bridgehead atoms. The molecule has 1 aromatic carbocycles. The number of aliphatic imine (C=N–C) groups is 1. The van der Waals surface area contributed by atoms with E-state index in [1.165, 1.54) is 17.7 Å². The lowest BCUT2D eigenvalue weighted by Crippen LogP contribution is -2.48. The van der Waals surface area contributed by atoms with Crippen molar-refractivity contribution in [3.05, 3.63) is 29.8 Å². The van der Waals surface area contributed by atoms with E-state index in [0.717, 1.165) is 63.4 Å². The molecule has 0 amide bonds. The van der Waals surface area contributed by atoms with Gasteiger partial charge >= 0.3 is 0 Å². The van der Waals surface area contributed by atoms with Gasteiger partial charge in [0.05, 0.1) is 6.54 Å². The Hall–Kier alpha value is -1.02. The summed E-state index contributed by atoms with van der Waals surface area (Å²) in [4.78, 5) is 9.79. The van der Waals surface area contributed by atoms with Gasteiger partial charge in [0, 0.05) is 45.0 Å². The Morgan fingerprint density at radius 3 is 2.28 bits per heavy atom. The molecule has 2 saturated heterocycles. The summed E-state index contributed by atoms with van der Waals surface area (Å²) in [6, 6.07) is 8.87. The zero-order chi connectivity index (χ0) is 19.9. The van der Waals surface area contributed by atoms with E-state index < -0.39 is 0 Å². The molecule has 1 aromatic rings. The number of nitrogens with one attached hydrogen (secondary N) is 1. The van der Waals surface area contributed by atoms with Crippen LogP contribution in [0.5, 0.6) is 0 Å². The molecule has 164 valence electrons. The van der Waals surface area contributed by atoms with E-state index in [1.54, 1.807) is 0 Å². The van der Waals surface area contributed by atoms with Crippen molar-refractivity contribution in [2.24, 2.45) is 22.7 Å². The Kier molecular flexibility index (Phi) is 10.0. The maximum Gasteiger partial charge on any atom is 0.194 e. The molecular formula is C23H39IN4O. The smallest absolute Gasteiger partial charge is 0.194 e. The van der Waals surface area contributed by atoms with Crippen LogP contribution in [0.25, 0.3) is 0 Å². The average molecular weight is 514 g/mol. The molecular weight excluding hydrogens is 475 g/mol. The fourth-order valence-corrected chi connectivity index (χ4v) is 4.61. The van der Waals surface area contributed by atoms with Crippen LogP contribution in [0.2, 0.25) is 0 Å². The predicted octanol–water partition coefficient (Wildman–Crippen LogP) is 3.96. The van der Waals surface area contributed by atoms with Crippen molar-refractivity contribution in [3.8, 4) is 0 Å². The molecule has 2 atom stereocenters. The Balaban J connectivity index is 0.00000300. The Morgan fingerprint density at radius 1 is 1.10 bits per heavy atom. The highest BCUT2D eigenvalue weighted by Gasteiger charge is 2.24. The first-order valence-electron chi connectivity index (χ1n) is 11.1. The first-order valence-corrected chi connectivity index (χ1v) is 11.1. The van der Waals surface area contributed by atoms with Crippen LogP contribution in [-0.4, -0.2) is 55.3 Å². The van der Waals surface area contributed by atoms with Crippen LogP contribution in [-0.2, 0) is 6.54 Å². The number of aliphatic hydroxyl groups excluding tert-OH is 1. The summed E-state index contributed by atoms with van der Waals surface area (Å²) in [6.07, 6.45) is 3.48. The monoisotopic (exact) mass is 514 g/mol. The molecule has 3 rings (SSSR count). The third kappa shape index (κ3) is 7.02. The number of anilines is 1. The first kappa shape index (κ1) is 24.3. The minimum absolute atomic E-state index is 0. The molecule has 5 nitrogen and oxygen atoms in total. The van der Waals surface area contributed by atoms with Crippen LogP contribution >= 0.6 is 24.0 Å². The van der Waals surface area contributed by atoms with Crippen molar-refractivity contribution in [2.75, 3.05) is 44.2 Å². The number of hydrogen-bond donors (Lipinski definition) is 2. The molecule has 0 aliphatic carbocycles. The van der Waals surface area contributed by atoms with Gasteiger partial charge < -0.3 is 20.2 Å². The first-order chi connectivity index (χ1) is 13.6. The SMILES string of the molecule is CCNC(=NCc1ccc(N2CCC(CO)CC2)cc1)N1CC(C)CC(C)C1.I. The van der Waals surface area contributed by atoms with Crippen molar-refractivity contribution in [1.82, 2.24) is 10.2 Å². The highest BCUT2D eigenvalue weighted by atomic mass is 127. The van der Waals surface area contributed by atoms with Crippen molar-refractivity contribution >= 4 is 35.6 Å². The van der Waals surface area contributed by atoms with Crippen molar-refractivity contribution in [1.29, 1.82) is 0 Å². The van der Waals surface area contributed by atoms with E-state index in [4.69, 9.17) is 4.99 Å². The predicted molar refractivity (Wildman–Crippen MR) is 133 cm³/mol. The molecule has 2 unspecified atom stereocenters. The number of guanidine groups is 1. The second-order valence-electron chi connectivity index (χ2n) is 8.80. The highest BCUT2D eigenvalue weighted by molar-refractivity contribution is 14.0. The van der Waals surface area contributed by atoms with Crippen molar-refractivity contribution in [2.45, 2.75) is 46.6 Å².